The third-order valence-corrected chi connectivity index (χ3v) is 2.01. The first-order valence-corrected chi connectivity index (χ1v) is 4.85. The average molecular weight is 226 g/mol. The highest BCUT2D eigenvalue weighted by Gasteiger charge is 2.08. The van der Waals surface area contributed by atoms with Gasteiger partial charge < -0.3 is 9.72 Å². The van der Waals surface area contributed by atoms with Crippen LogP contribution in [0.4, 0.5) is 0 Å². The Hall–Kier alpha value is -1.48. The molecular formula is C11H12ClNO2. The predicted octanol–water partition coefficient (Wildman–Crippen LogP) is 2.63. The van der Waals surface area contributed by atoms with Crippen LogP contribution < -0.4 is 10.2 Å². The molecule has 0 aliphatic heterocycles. The number of pyridine rings is 1. The molecule has 1 rings (SSSR count). The zero-order valence-corrected chi connectivity index (χ0v) is 9.23. The maximum Gasteiger partial charge on any atom is 0.195 e. The lowest BCUT2D eigenvalue weighted by Crippen LogP contribution is -2.10. The number of aromatic amines is 1. The second-order valence-electron chi connectivity index (χ2n) is 2.83. The molecule has 0 fully saturated rings. The van der Waals surface area contributed by atoms with Gasteiger partial charge in [0.15, 0.2) is 11.3 Å². The van der Waals surface area contributed by atoms with Crippen LogP contribution in [0, 0.1) is 0 Å². The number of halogens is 1. The van der Waals surface area contributed by atoms with E-state index in [4.69, 9.17) is 16.3 Å². The van der Waals surface area contributed by atoms with Crippen LogP contribution in [0.3, 0.4) is 0 Å². The fraction of sp³-hybridized carbons (Fsp3) is 0.182. The van der Waals surface area contributed by atoms with Crippen molar-refractivity contribution in [2.75, 3.05) is 6.61 Å². The lowest BCUT2D eigenvalue weighted by atomic mass is 10.2. The van der Waals surface area contributed by atoms with Crippen LogP contribution in [-0.2, 0) is 0 Å². The van der Waals surface area contributed by atoms with Gasteiger partial charge in [-0.25, -0.2) is 0 Å². The van der Waals surface area contributed by atoms with Gasteiger partial charge in [-0.2, -0.15) is 0 Å². The standard InChI is InChI=1S/C11H12ClNO2/c1-4-8-9(14)6-10(15-5-2)13-11(8)7(3)12/h4,6H,1,3,5H2,2H3,(H,13,14). The molecule has 80 valence electrons. The van der Waals surface area contributed by atoms with Gasteiger partial charge in [-0.15, -0.1) is 0 Å². The van der Waals surface area contributed by atoms with E-state index in [1.807, 2.05) is 6.92 Å². The van der Waals surface area contributed by atoms with E-state index < -0.39 is 0 Å². The number of H-pyrrole nitrogens is 1. The summed E-state index contributed by atoms with van der Waals surface area (Å²) in [5.74, 6) is 0.380. The van der Waals surface area contributed by atoms with E-state index in [2.05, 4.69) is 18.1 Å². The van der Waals surface area contributed by atoms with Crippen LogP contribution in [0.5, 0.6) is 5.88 Å². The first-order valence-electron chi connectivity index (χ1n) is 4.47. The molecule has 0 amide bonds. The summed E-state index contributed by atoms with van der Waals surface area (Å²) in [5, 5.41) is 0.253. The molecule has 0 bridgehead atoms. The zero-order valence-electron chi connectivity index (χ0n) is 8.47. The summed E-state index contributed by atoms with van der Waals surface area (Å²) in [5.41, 5.74) is 0.657. The lowest BCUT2D eigenvalue weighted by Gasteiger charge is -2.08. The van der Waals surface area contributed by atoms with E-state index in [9.17, 15) is 4.79 Å². The minimum absolute atomic E-state index is 0.191. The fourth-order valence-corrected chi connectivity index (χ4v) is 1.35. The van der Waals surface area contributed by atoms with Gasteiger partial charge in [0, 0.05) is 11.6 Å². The summed E-state index contributed by atoms with van der Waals surface area (Å²) in [7, 11) is 0. The molecule has 1 aromatic heterocycles. The van der Waals surface area contributed by atoms with Gasteiger partial charge in [0.25, 0.3) is 0 Å². The molecule has 1 heterocycles. The van der Waals surface area contributed by atoms with Crippen molar-refractivity contribution >= 4 is 22.7 Å². The van der Waals surface area contributed by atoms with Gasteiger partial charge in [0.2, 0.25) is 0 Å². The first kappa shape index (κ1) is 11.6. The van der Waals surface area contributed by atoms with Crippen molar-refractivity contribution in [3.8, 4) is 5.88 Å². The van der Waals surface area contributed by atoms with Gasteiger partial charge in [-0.05, 0) is 6.92 Å². The first-order chi connectivity index (χ1) is 7.10. The van der Waals surface area contributed by atoms with E-state index in [-0.39, 0.29) is 10.5 Å². The molecule has 4 heteroatoms. The van der Waals surface area contributed by atoms with Crippen molar-refractivity contribution < 1.29 is 4.74 Å². The number of rotatable bonds is 4. The Morgan fingerprint density at radius 3 is 2.87 bits per heavy atom. The summed E-state index contributed by atoms with van der Waals surface area (Å²) in [4.78, 5) is 14.5. The quantitative estimate of drug-likeness (QED) is 0.856. The van der Waals surface area contributed by atoms with Crippen molar-refractivity contribution in [1.29, 1.82) is 0 Å². The number of nitrogens with one attached hydrogen (secondary N) is 1. The maximum atomic E-state index is 11.6. The van der Waals surface area contributed by atoms with Gasteiger partial charge in [-0.3, -0.25) is 4.79 Å². The largest absolute Gasteiger partial charge is 0.479 e. The van der Waals surface area contributed by atoms with Crippen molar-refractivity contribution in [2.24, 2.45) is 0 Å². The fourth-order valence-electron chi connectivity index (χ4n) is 1.20. The monoisotopic (exact) mass is 225 g/mol. The highest BCUT2D eigenvalue weighted by molar-refractivity contribution is 6.48. The summed E-state index contributed by atoms with van der Waals surface area (Å²) in [6.45, 7) is 9.42. The molecule has 1 N–H and O–H groups in total. The molecule has 15 heavy (non-hydrogen) atoms. The van der Waals surface area contributed by atoms with Crippen LogP contribution >= 0.6 is 11.6 Å². The van der Waals surface area contributed by atoms with E-state index in [1.54, 1.807) is 0 Å². The third kappa shape index (κ3) is 2.50. The Bertz CT molecular complexity index is 448. The molecule has 0 atom stereocenters. The molecule has 1 aromatic rings. The predicted molar refractivity (Wildman–Crippen MR) is 63.2 cm³/mol. The Kier molecular flexibility index (Phi) is 3.74. The Morgan fingerprint density at radius 2 is 2.40 bits per heavy atom. The van der Waals surface area contributed by atoms with Crippen molar-refractivity contribution in [3.63, 3.8) is 0 Å². The molecule has 0 saturated heterocycles. The van der Waals surface area contributed by atoms with Crippen molar-refractivity contribution in [1.82, 2.24) is 4.98 Å². The lowest BCUT2D eigenvalue weighted by molar-refractivity contribution is 0.326. The number of hydrogen-bond donors (Lipinski definition) is 1. The van der Waals surface area contributed by atoms with Crippen LogP contribution in [0.25, 0.3) is 11.1 Å². The Labute approximate surface area is 93.0 Å². The molecule has 0 aliphatic carbocycles. The maximum absolute atomic E-state index is 11.6. The minimum atomic E-state index is -0.191. The number of ether oxygens (including phenoxy) is 1. The van der Waals surface area contributed by atoms with E-state index >= 15 is 0 Å². The van der Waals surface area contributed by atoms with Crippen LogP contribution in [0.1, 0.15) is 18.2 Å². The molecule has 0 radical (unpaired) electrons. The normalized spacial score (nSPS) is 9.73. The van der Waals surface area contributed by atoms with Gasteiger partial charge in [0.1, 0.15) is 0 Å². The molecular weight excluding hydrogens is 214 g/mol. The second-order valence-corrected chi connectivity index (χ2v) is 3.28. The summed E-state index contributed by atoms with van der Waals surface area (Å²) in [6, 6.07) is 1.36. The number of aromatic nitrogens is 1. The summed E-state index contributed by atoms with van der Waals surface area (Å²) < 4.78 is 5.19. The van der Waals surface area contributed by atoms with E-state index in [1.165, 1.54) is 12.1 Å². The summed E-state index contributed by atoms with van der Waals surface area (Å²) in [6.07, 6.45) is 1.44. The molecule has 0 unspecified atom stereocenters. The highest BCUT2D eigenvalue weighted by atomic mass is 35.5. The molecule has 0 spiro atoms. The van der Waals surface area contributed by atoms with Crippen molar-refractivity contribution in [3.05, 3.63) is 40.7 Å². The number of hydrogen-bond acceptors (Lipinski definition) is 2. The molecule has 0 aromatic carbocycles. The molecule has 3 nitrogen and oxygen atoms in total. The van der Waals surface area contributed by atoms with E-state index in [0.717, 1.165) is 0 Å². The van der Waals surface area contributed by atoms with Crippen molar-refractivity contribution in [2.45, 2.75) is 6.92 Å². The van der Waals surface area contributed by atoms with Crippen LogP contribution in [-0.4, -0.2) is 11.6 Å². The minimum Gasteiger partial charge on any atom is -0.479 e. The van der Waals surface area contributed by atoms with Gasteiger partial charge >= 0.3 is 0 Å². The van der Waals surface area contributed by atoms with Gasteiger partial charge in [0.05, 0.1) is 17.3 Å². The SMILES string of the molecule is C=Cc1c(C(=C)Cl)[nH]c(OCC)cc1=O. The average Bonchev–Trinajstić information content (AvgIpc) is 2.17. The Morgan fingerprint density at radius 1 is 1.73 bits per heavy atom. The zero-order chi connectivity index (χ0) is 11.4. The third-order valence-electron chi connectivity index (χ3n) is 1.82. The second kappa shape index (κ2) is 4.84. The Balaban J connectivity index is 3.38. The van der Waals surface area contributed by atoms with Crippen LogP contribution in [0.15, 0.2) is 24.0 Å². The van der Waals surface area contributed by atoms with Crippen LogP contribution in [0.2, 0.25) is 0 Å². The molecule has 0 saturated carbocycles. The molecule has 0 aliphatic rings. The summed E-state index contributed by atoms with van der Waals surface area (Å²) >= 11 is 5.76. The van der Waals surface area contributed by atoms with Gasteiger partial charge in [-0.1, -0.05) is 30.8 Å². The highest BCUT2D eigenvalue weighted by Crippen LogP contribution is 2.19. The van der Waals surface area contributed by atoms with E-state index in [0.29, 0.717) is 23.7 Å². The topological polar surface area (TPSA) is 42.1 Å². The smallest absolute Gasteiger partial charge is 0.195 e.